The van der Waals surface area contributed by atoms with Crippen LogP contribution in [0.2, 0.25) is 0 Å². The lowest BCUT2D eigenvalue weighted by molar-refractivity contribution is -0.149. The molecule has 1 unspecified atom stereocenters. The summed E-state index contributed by atoms with van der Waals surface area (Å²) in [6.45, 7) is 4.56. The number of imide groups is 2. The molecule has 15 heteroatoms. The van der Waals surface area contributed by atoms with Crippen LogP contribution in [0.5, 0.6) is 0 Å². The zero-order valence-corrected chi connectivity index (χ0v) is 26.7. The summed E-state index contributed by atoms with van der Waals surface area (Å²) >= 11 is 0. The van der Waals surface area contributed by atoms with E-state index in [1.807, 2.05) is 6.92 Å². The standard InChI is InChI=1S/C31H39N3O11S/c1-22-6-8-23(9-7-22)46(39,40)45-21-20-44-19-18-43-17-16-42-15-14-41-13-12-32-25-5-3-4-24-28(25)31(38)34(29(24)36)26-10-11-27(35)33(2)30(26)37/h3-9,26,32H,10-21H2,1-2H3. The first-order valence-electron chi connectivity index (χ1n) is 14.9. The van der Waals surface area contributed by atoms with Crippen LogP contribution in [-0.4, -0.2) is 121 Å². The van der Waals surface area contributed by atoms with Crippen LogP contribution in [0.1, 0.15) is 39.1 Å². The maximum Gasteiger partial charge on any atom is 0.297 e. The molecule has 14 nitrogen and oxygen atoms in total. The summed E-state index contributed by atoms with van der Waals surface area (Å²) in [6, 6.07) is 10.3. The lowest BCUT2D eigenvalue weighted by Gasteiger charge is -2.32. The molecule has 2 aliphatic rings. The van der Waals surface area contributed by atoms with Crippen molar-refractivity contribution in [2.75, 3.05) is 78.4 Å². The molecule has 1 N–H and O–H groups in total. The molecule has 0 radical (unpaired) electrons. The van der Waals surface area contributed by atoms with E-state index >= 15 is 0 Å². The van der Waals surface area contributed by atoms with Gasteiger partial charge in [-0.15, -0.1) is 0 Å². The fraction of sp³-hybridized carbons (Fsp3) is 0.484. The molecule has 0 spiro atoms. The maximum atomic E-state index is 13.2. The van der Waals surface area contributed by atoms with Crippen LogP contribution in [0.25, 0.3) is 0 Å². The van der Waals surface area contributed by atoms with Crippen molar-refractivity contribution in [1.29, 1.82) is 0 Å². The Labute approximate surface area is 268 Å². The summed E-state index contributed by atoms with van der Waals surface area (Å²) in [7, 11) is -2.46. The van der Waals surface area contributed by atoms with Crippen LogP contribution in [-0.2, 0) is 42.8 Å². The number of hydrogen-bond acceptors (Lipinski definition) is 12. The Hall–Kier alpha value is -3.73. The van der Waals surface area contributed by atoms with Crippen LogP contribution < -0.4 is 5.32 Å². The number of benzene rings is 2. The number of likely N-dealkylation sites (tertiary alicyclic amines) is 1. The molecule has 0 aliphatic carbocycles. The minimum absolute atomic E-state index is 0.0813. The second-order valence-electron chi connectivity index (χ2n) is 10.5. The summed E-state index contributed by atoms with van der Waals surface area (Å²) in [4.78, 5) is 52.8. The number of hydrogen-bond donors (Lipinski definition) is 1. The number of carbonyl (C=O) groups is 4. The molecular formula is C31H39N3O11S. The Morgan fingerprint density at radius 1 is 0.783 bits per heavy atom. The molecule has 2 aliphatic heterocycles. The zero-order chi connectivity index (χ0) is 33.1. The minimum Gasteiger partial charge on any atom is -0.382 e. The highest BCUT2D eigenvalue weighted by Gasteiger charge is 2.47. The van der Waals surface area contributed by atoms with Gasteiger partial charge in [-0.1, -0.05) is 23.8 Å². The van der Waals surface area contributed by atoms with Crippen molar-refractivity contribution in [2.45, 2.75) is 30.7 Å². The minimum atomic E-state index is -3.81. The van der Waals surface area contributed by atoms with Crippen molar-refractivity contribution in [1.82, 2.24) is 9.80 Å². The van der Waals surface area contributed by atoms with Gasteiger partial charge in [-0.25, -0.2) is 0 Å². The normalized spacial score (nSPS) is 16.8. The molecule has 2 heterocycles. The SMILES string of the molecule is Cc1ccc(S(=O)(=O)OCCOCCOCCOCCOCCNc2cccc3c2C(=O)N(C2CCC(=O)N(C)C2=O)C3=O)cc1. The van der Waals surface area contributed by atoms with E-state index in [1.54, 1.807) is 30.3 Å². The van der Waals surface area contributed by atoms with Gasteiger partial charge in [0.1, 0.15) is 6.04 Å². The van der Waals surface area contributed by atoms with Crippen molar-refractivity contribution in [2.24, 2.45) is 0 Å². The predicted molar refractivity (Wildman–Crippen MR) is 164 cm³/mol. The van der Waals surface area contributed by atoms with Gasteiger partial charge in [-0.2, -0.15) is 8.42 Å². The number of anilines is 1. The number of piperidine rings is 1. The highest BCUT2D eigenvalue weighted by atomic mass is 32.2. The Bertz CT molecular complexity index is 1500. The zero-order valence-electron chi connectivity index (χ0n) is 25.9. The molecule has 4 rings (SSSR count). The second-order valence-corrected chi connectivity index (χ2v) is 12.1. The van der Waals surface area contributed by atoms with E-state index in [0.29, 0.717) is 51.9 Å². The fourth-order valence-electron chi connectivity index (χ4n) is 4.87. The Balaban J connectivity index is 1.02. The Kier molecular flexibility index (Phi) is 12.8. The third-order valence-corrected chi connectivity index (χ3v) is 8.66. The number of carbonyl (C=O) groups excluding carboxylic acids is 4. The van der Waals surface area contributed by atoms with Crippen molar-refractivity contribution < 1.29 is 50.7 Å². The summed E-state index contributed by atoms with van der Waals surface area (Å²) in [5, 5.41) is 3.12. The third-order valence-electron chi connectivity index (χ3n) is 7.33. The number of likely N-dealkylation sites (N-methyl/N-ethyl adjacent to an activating group) is 1. The first-order chi connectivity index (χ1) is 22.1. The largest absolute Gasteiger partial charge is 0.382 e. The van der Waals surface area contributed by atoms with Crippen LogP contribution >= 0.6 is 0 Å². The van der Waals surface area contributed by atoms with E-state index in [-0.39, 0.29) is 54.6 Å². The second kappa shape index (κ2) is 16.7. The average Bonchev–Trinajstić information content (AvgIpc) is 3.29. The van der Waals surface area contributed by atoms with E-state index in [4.69, 9.17) is 23.1 Å². The van der Waals surface area contributed by atoms with E-state index in [0.717, 1.165) is 15.4 Å². The van der Waals surface area contributed by atoms with Gasteiger partial charge in [0.25, 0.3) is 27.8 Å². The van der Waals surface area contributed by atoms with E-state index < -0.39 is 33.9 Å². The molecule has 0 saturated carbocycles. The Morgan fingerprint density at radius 2 is 1.37 bits per heavy atom. The van der Waals surface area contributed by atoms with Crippen LogP contribution in [0.15, 0.2) is 47.4 Å². The van der Waals surface area contributed by atoms with Gasteiger partial charge in [0.15, 0.2) is 0 Å². The summed E-state index contributed by atoms with van der Waals surface area (Å²) in [5.41, 5.74) is 1.83. The summed E-state index contributed by atoms with van der Waals surface area (Å²) < 4.78 is 51.0. The summed E-state index contributed by atoms with van der Waals surface area (Å²) in [6.07, 6.45) is 0.187. The van der Waals surface area contributed by atoms with Crippen molar-refractivity contribution in [3.63, 3.8) is 0 Å². The lowest BCUT2D eigenvalue weighted by atomic mass is 10.0. The molecule has 1 saturated heterocycles. The number of amides is 4. The maximum absolute atomic E-state index is 13.2. The van der Waals surface area contributed by atoms with Gasteiger partial charge in [0.05, 0.1) is 75.5 Å². The topological polar surface area (TPSA) is 167 Å². The molecule has 1 atom stereocenters. The molecule has 250 valence electrons. The van der Waals surface area contributed by atoms with Gasteiger partial charge >= 0.3 is 0 Å². The van der Waals surface area contributed by atoms with Crippen LogP contribution in [0.3, 0.4) is 0 Å². The lowest BCUT2D eigenvalue weighted by Crippen LogP contribution is -2.54. The quantitative estimate of drug-likeness (QED) is 0.132. The van der Waals surface area contributed by atoms with Gasteiger partial charge in [-0.05, 0) is 37.6 Å². The molecule has 2 aromatic carbocycles. The smallest absolute Gasteiger partial charge is 0.297 e. The number of aryl methyl sites for hydroxylation is 1. The fourth-order valence-corrected chi connectivity index (χ4v) is 5.76. The Morgan fingerprint density at radius 3 is 2.00 bits per heavy atom. The van der Waals surface area contributed by atoms with E-state index in [2.05, 4.69) is 5.32 Å². The monoisotopic (exact) mass is 661 g/mol. The highest BCUT2D eigenvalue weighted by molar-refractivity contribution is 7.86. The van der Waals surface area contributed by atoms with Crippen LogP contribution in [0.4, 0.5) is 5.69 Å². The molecular weight excluding hydrogens is 622 g/mol. The molecule has 0 bridgehead atoms. The van der Waals surface area contributed by atoms with Crippen molar-refractivity contribution in [3.8, 4) is 0 Å². The van der Waals surface area contributed by atoms with Gasteiger partial charge < -0.3 is 24.3 Å². The number of fused-ring (bicyclic) bond motifs is 1. The average molecular weight is 662 g/mol. The van der Waals surface area contributed by atoms with E-state index in [1.165, 1.54) is 19.2 Å². The number of nitrogens with one attached hydrogen (secondary N) is 1. The molecule has 1 fully saturated rings. The first-order valence-corrected chi connectivity index (χ1v) is 16.3. The van der Waals surface area contributed by atoms with Crippen molar-refractivity contribution in [3.05, 3.63) is 59.2 Å². The first kappa shape index (κ1) is 35.1. The number of nitrogens with zero attached hydrogens (tertiary/aromatic N) is 2. The van der Waals surface area contributed by atoms with E-state index in [9.17, 15) is 27.6 Å². The number of ether oxygens (including phenoxy) is 4. The van der Waals surface area contributed by atoms with Gasteiger partial charge in [0.2, 0.25) is 5.91 Å². The molecule has 0 aromatic heterocycles. The number of rotatable bonds is 19. The van der Waals surface area contributed by atoms with Crippen molar-refractivity contribution >= 4 is 39.4 Å². The predicted octanol–water partition coefficient (Wildman–Crippen LogP) is 1.62. The van der Waals surface area contributed by atoms with Gasteiger partial charge in [-0.3, -0.25) is 33.2 Å². The third kappa shape index (κ3) is 8.96. The molecule has 4 amide bonds. The highest BCUT2D eigenvalue weighted by Crippen LogP contribution is 2.33. The summed E-state index contributed by atoms with van der Waals surface area (Å²) in [5.74, 6) is -2.02. The van der Waals surface area contributed by atoms with Crippen LogP contribution in [0, 0.1) is 6.92 Å². The molecule has 46 heavy (non-hydrogen) atoms. The molecule has 2 aromatic rings. The van der Waals surface area contributed by atoms with Gasteiger partial charge in [0, 0.05) is 25.7 Å².